The van der Waals surface area contributed by atoms with Crippen molar-refractivity contribution in [3.05, 3.63) is 0 Å². The van der Waals surface area contributed by atoms with E-state index in [1.807, 2.05) is 0 Å². The molecular weight excluding hydrogens is 312 g/mol. The maximum Gasteiger partial charge on any atom is 0.206 e. The predicted molar refractivity (Wildman–Crippen MR) is 54.2 cm³/mol. The second-order valence-electron chi connectivity index (χ2n) is 3.12. The molecule has 1 aliphatic rings. The highest BCUT2D eigenvalue weighted by Gasteiger charge is 2.49. The lowest BCUT2D eigenvalue weighted by molar-refractivity contribution is 0.161. The smallest absolute Gasteiger partial charge is 0.206 e. The van der Waals surface area contributed by atoms with Gasteiger partial charge in [0.1, 0.15) is 0 Å². The number of aliphatic hydroxyl groups is 1. The summed E-state index contributed by atoms with van der Waals surface area (Å²) >= 11 is 5.97. The first-order chi connectivity index (χ1) is 5.27. The van der Waals surface area contributed by atoms with Crippen molar-refractivity contribution in [1.29, 1.82) is 0 Å². The SMILES string of the molecule is CS(=O)(=O)C(Br)(Br)C(O)C1CC1. The van der Waals surface area contributed by atoms with Crippen molar-refractivity contribution in [2.45, 2.75) is 21.5 Å². The van der Waals surface area contributed by atoms with Crippen LogP contribution in [0.25, 0.3) is 0 Å². The second-order valence-corrected chi connectivity index (χ2v) is 9.92. The molecule has 1 aliphatic carbocycles. The molecule has 6 heteroatoms. The van der Waals surface area contributed by atoms with Crippen LogP contribution in [-0.4, -0.2) is 28.4 Å². The fourth-order valence-corrected chi connectivity index (χ4v) is 2.28. The molecule has 0 heterocycles. The van der Waals surface area contributed by atoms with Crippen LogP contribution >= 0.6 is 31.9 Å². The van der Waals surface area contributed by atoms with E-state index in [4.69, 9.17) is 0 Å². The number of aliphatic hydroxyl groups excluding tert-OH is 1. The summed E-state index contributed by atoms with van der Waals surface area (Å²) in [5.41, 5.74) is 0. The van der Waals surface area contributed by atoms with Crippen LogP contribution in [0.5, 0.6) is 0 Å². The zero-order valence-electron chi connectivity index (χ0n) is 6.50. The Kier molecular flexibility index (Phi) is 2.94. The van der Waals surface area contributed by atoms with Crippen molar-refractivity contribution in [1.82, 2.24) is 0 Å². The van der Waals surface area contributed by atoms with Crippen LogP contribution in [0.2, 0.25) is 0 Å². The maximum absolute atomic E-state index is 11.2. The van der Waals surface area contributed by atoms with Crippen molar-refractivity contribution >= 4 is 41.7 Å². The van der Waals surface area contributed by atoms with E-state index < -0.39 is 18.5 Å². The number of sulfone groups is 1. The van der Waals surface area contributed by atoms with Crippen molar-refractivity contribution in [3.63, 3.8) is 0 Å². The lowest BCUT2D eigenvalue weighted by Crippen LogP contribution is -2.38. The minimum atomic E-state index is -3.32. The summed E-state index contributed by atoms with van der Waals surface area (Å²) in [6, 6.07) is 0. The highest BCUT2D eigenvalue weighted by molar-refractivity contribution is 9.28. The van der Waals surface area contributed by atoms with Crippen LogP contribution in [0.1, 0.15) is 12.8 Å². The van der Waals surface area contributed by atoms with Gasteiger partial charge in [0.2, 0.25) is 2.57 Å². The van der Waals surface area contributed by atoms with Gasteiger partial charge in [-0.1, -0.05) is 31.9 Å². The molecule has 1 atom stereocenters. The molecule has 1 saturated carbocycles. The predicted octanol–water partition coefficient (Wildman–Crippen LogP) is 1.25. The first kappa shape index (κ1) is 10.9. The molecule has 0 aromatic carbocycles. The molecule has 72 valence electrons. The van der Waals surface area contributed by atoms with E-state index in [0.717, 1.165) is 19.1 Å². The molecule has 1 unspecified atom stereocenters. The molecule has 1 N–H and O–H groups in total. The third kappa shape index (κ3) is 2.02. The van der Waals surface area contributed by atoms with Crippen LogP contribution in [-0.2, 0) is 9.84 Å². The summed E-state index contributed by atoms with van der Waals surface area (Å²) in [4.78, 5) is 0. The summed E-state index contributed by atoms with van der Waals surface area (Å²) in [7, 11) is -3.32. The number of alkyl halides is 2. The van der Waals surface area contributed by atoms with Gasteiger partial charge in [-0.05, 0) is 18.8 Å². The zero-order valence-corrected chi connectivity index (χ0v) is 10.5. The molecule has 0 amide bonds. The van der Waals surface area contributed by atoms with E-state index >= 15 is 0 Å². The zero-order chi connectivity index (χ0) is 9.57. The molecule has 0 aliphatic heterocycles. The molecule has 3 nitrogen and oxygen atoms in total. The van der Waals surface area contributed by atoms with E-state index in [-0.39, 0.29) is 5.92 Å². The van der Waals surface area contributed by atoms with Crippen molar-refractivity contribution in [2.75, 3.05) is 6.26 Å². The highest BCUT2D eigenvalue weighted by Crippen LogP contribution is 2.46. The van der Waals surface area contributed by atoms with Crippen LogP contribution in [0.3, 0.4) is 0 Å². The monoisotopic (exact) mass is 320 g/mol. The minimum Gasteiger partial charge on any atom is -0.389 e. The Morgan fingerprint density at radius 1 is 1.50 bits per heavy atom. The van der Waals surface area contributed by atoms with E-state index in [9.17, 15) is 13.5 Å². The lowest BCUT2D eigenvalue weighted by Gasteiger charge is -2.24. The molecule has 1 fully saturated rings. The highest BCUT2D eigenvalue weighted by atomic mass is 79.9. The van der Waals surface area contributed by atoms with Crippen LogP contribution in [0.15, 0.2) is 0 Å². The average molecular weight is 322 g/mol. The largest absolute Gasteiger partial charge is 0.389 e. The van der Waals surface area contributed by atoms with Crippen LogP contribution < -0.4 is 0 Å². The molecule has 0 radical (unpaired) electrons. The van der Waals surface area contributed by atoms with Gasteiger partial charge in [0.05, 0.1) is 6.10 Å². The molecule has 0 saturated heterocycles. The summed E-state index contributed by atoms with van der Waals surface area (Å²) in [5, 5.41) is 9.58. The number of hydrogen-bond acceptors (Lipinski definition) is 3. The van der Waals surface area contributed by atoms with Crippen molar-refractivity contribution in [3.8, 4) is 0 Å². The average Bonchev–Trinajstić information content (AvgIpc) is 2.64. The Hall–Kier alpha value is 0.870. The van der Waals surface area contributed by atoms with Gasteiger partial charge in [0, 0.05) is 6.26 Å². The Labute approximate surface area is 88.7 Å². The molecule has 12 heavy (non-hydrogen) atoms. The van der Waals surface area contributed by atoms with Crippen LogP contribution in [0.4, 0.5) is 0 Å². The Bertz CT molecular complexity index is 269. The van der Waals surface area contributed by atoms with Gasteiger partial charge in [-0.3, -0.25) is 0 Å². The first-order valence-corrected chi connectivity index (χ1v) is 7.00. The summed E-state index contributed by atoms with van der Waals surface area (Å²) in [6.45, 7) is 0. The van der Waals surface area contributed by atoms with Crippen LogP contribution in [0, 0.1) is 5.92 Å². The van der Waals surface area contributed by atoms with Gasteiger partial charge >= 0.3 is 0 Å². The van der Waals surface area contributed by atoms with Gasteiger partial charge in [0.25, 0.3) is 0 Å². The Balaban J connectivity index is 2.83. The topological polar surface area (TPSA) is 54.4 Å². The summed E-state index contributed by atoms with van der Waals surface area (Å²) in [6.07, 6.45) is 2.01. The fourth-order valence-electron chi connectivity index (χ4n) is 0.906. The minimum absolute atomic E-state index is 0.110. The van der Waals surface area contributed by atoms with Crippen molar-refractivity contribution < 1.29 is 13.5 Å². The van der Waals surface area contributed by atoms with E-state index in [0.29, 0.717) is 0 Å². The van der Waals surface area contributed by atoms with E-state index in [1.54, 1.807) is 0 Å². The molecule has 1 rings (SSSR count). The lowest BCUT2D eigenvalue weighted by atomic mass is 10.3. The Morgan fingerprint density at radius 3 is 2.17 bits per heavy atom. The molecule has 0 spiro atoms. The third-order valence-electron chi connectivity index (χ3n) is 1.91. The van der Waals surface area contributed by atoms with Gasteiger partial charge in [-0.25, -0.2) is 8.42 Å². The van der Waals surface area contributed by atoms with E-state index in [1.165, 1.54) is 0 Å². The summed E-state index contributed by atoms with van der Waals surface area (Å²) < 4.78 is 21.0. The fraction of sp³-hybridized carbons (Fsp3) is 1.00. The quantitative estimate of drug-likeness (QED) is 0.796. The standard InChI is InChI=1S/C6H10Br2O3S/c1-12(10,11)6(7,8)5(9)4-2-3-4/h4-5,9H,2-3H2,1H3. The van der Waals surface area contributed by atoms with Gasteiger partial charge < -0.3 is 5.11 Å². The molecule has 0 aromatic heterocycles. The third-order valence-corrected chi connectivity index (χ3v) is 7.60. The first-order valence-electron chi connectivity index (χ1n) is 3.52. The number of hydrogen-bond donors (Lipinski definition) is 1. The molecule has 0 aromatic rings. The van der Waals surface area contributed by atoms with Crippen molar-refractivity contribution in [2.24, 2.45) is 5.92 Å². The van der Waals surface area contributed by atoms with Gasteiger partial charge in [-0.2, -0.15) is 0 Å². The molecule has 0 bridgehead atoms. The molecular formula is C6H10Br2O3S. The number of rotatable bonds is 3. The van der Waals surface area contributed by atoms with Gasteiger partial charge in [-0.15, -0.1) is 0 Å². The van der Waals surface area contributed by atoms with E-state index in [2.05, 4.69) is 31.9 Å². The Morgan fingerprint density at radius 2 is 1.92 bits per heavy atom. The normalized spacial score (nSPS) is 22.3. The second kappa shape index (κ2) is 3.22. The maximum atomic E-state index is 11.2. The number of halogens is 2. The van der Waals surface area contributed by atoms with Gasteiger partial charge in [0.15, 0.2) is 9.84 Å². The summed E-state index contributed by atoms with van der Waals surface area (Å²) in [5.74, 6) is 0.110.